The number of esters is 1. The van der Waals surface area contributed by atoms with Gasteiger partial charge in [-0.1, -0.05) is 0 Å². The largest absolute Gasteiger partial charge is 0.469 e. The number of ether oxygens (including phenoxy) is 1. The molecule has 1 N–H and O–H groups in total. The maximum Gasteiger partial charge on any atom is 0.312 e. The van der Waals surface area contributed by atoms with Crippen molar-refractivity contribution in [1.29, 1.82) is 5.26 Å². The minimum atomic E-state index is -0.584. The first kappa shape index (κ1) is 13.3. The maximum absolute atomic E-state index is 11.4. The van der Waals surface area contributed by atoms with Gasteiger partial charge >= 0.3 is 5.97 Å². The highest BCUT2D eigenvalue weighted by Gasteiger charge is 2.28. The smallest absolute Gasteiger partial charge is 0.312 e. The van der Waals surface area contributed by atoms with Crippen molar-refractivity contribution in [2.24, 2.45) is 5.41 Å². The molecular formula is C12H16N2O3. The van der Waals surface area contributed by atoms with Crippen molar-refractivity contribution < 1.29 is 13.9 Å². The van der Waals surface area contributed by atoms with Gasteiger partial charge in [-0.25, -0.2) is 0 Å². The SMILES string of the molecule is COC(=O)C(C)(C)CNCc1ccc(C#N)o1. The van der Waals surface area contributed by atoms with Gasteiger partial charge in [0.25, 0.3) is 0 Å². The van der Waals surface area contributed by atoms with Crippen molar-refractivity contribution in [2.45, 2.75) is 20.4 Å². The van der Waals surface area contributed by atoms with E-state index in [2.05, 4.69) is 5.32 Å². The van der Waals surface area contributed by atoms with Crippen LogP contribution in [0.25, 0.3) is 0 Å². The van der Waals surface area contributed by atoms with Crippen LogP contribution in [0.1, 0.15) is 25.4 Å². The van der Waals surface area contributed by atoms with Crippen LogP contribution in [0.2, 0.25) is 0 Å². The fourth-order valence-corrected chi connectivity index (χ4v) is 1.38. The number of nitrogens with zero attached hydrogens (tertiary/aromatic N) is 1. The van der Waals surface area contributed by atoms with Crippen molar-refractivity contribution in [3.05, 3.63) is 23.7 Å². The fourth-order valence-electron chi connectivity index (χ4n) is 1.38. The van der Waals surface area contributed by atoms with Crippen molar-refractivity contribution in [3.63, 3.8) is 0 Å². The quantitative estimate of drug-likeness (QED) is 0.783. The van der Waals surface area contributed by atoms with Gasteiger partial charge in [-0.3, -0.25) is 4.79 Å². The number of nitrogens with one attached hydrogen (secondary N) is 1. The zero-order chi connectivity index (χ0) is 12.9. The third-order valence-corrected chi connectivity index (χ3v) is 2.38. The first-order valence-electron chi connectivity index (χ1n) is 5.27. The monoisotopic (exact) mass is 236 g/mol. The Morgan fingerprint density at radius 2 is 2.29 bits per heavy atom. The Morgan fingerprint density at radius 1 is 1.59 bits per heavy atom. The average Bonchev–Trinajstić information content (AvgIpc) is 2.75. The van der Waals surface area contributed by atoms with E-state index in [1.54, 1.807) is 26.0 Å². The third-order valence-electron chi connectivity index (χ3n) is 2.38. The van der Waals surface area contributed by atoms with E-state index in [9.17, 15) is 4.79 Å². The second kappa shape index (κ2) is 5.51. The Labute approximate surface area is 100 Å². The van der Waals surface area contributed by atoms with Gasteiger partial charge in [0.15, 0.2) is 0 Å². The van der Waals surface area contributed by atoms with E-state index in [0.29, 0.717) is 18.8 Å². The highest BCUT2D eigenvalue weighted by Crippen LogP contribution is 2.15. The zero-order valence-electron chi connectivity index (χ0n) is 10.2. The third kappa shape index (κ3) is 3.61. The van der Waals surface area contributed by atoms with E-state index in [-0.39, 0.29) is 11.7 Å². The molecule has 0 radical (unpaired) electrons. The molecule has 1 heterocycles. The molecule has 5 heteroatoms. The Balaban J connectivity index is 2.42. The van der Waals surface area contributed by atoms with E-state index in [1.165, 1.54) is 7.11 Å². The minimum absolute atomic E-state index is 0.262. The summed E-state index contributed by atoms with van der Waals surface area (Å²) in [5, 5.41) is 11.7. The number of methoxy groups -OCH3 is 1. The molecule has 5 nitrogen and oxygen atoms in total. The van der Waals surface area contributed by atoms with Crippen molar-refractivity contribution >= 4 is 5.97 Å². The minimum Gasteiger partial charge on any atom is -0.469 e. The Morgan fingerprint density at radius 3 is 2.82 bits per heavy atom. The molecule has 0 aromatic carbocycles. The standard InChI is InChI=1S/C12H16N2O3/c1-12(2,11(15)16-3)8-14-7-10-5-4-9(6-13)17-10/h4-5,14H,7-8H2,1-3H3. The molecule has 17 heavy (non-hydrogen) atoms. The molecular weight excluding hydrogens is 220 g/mol. The highest BCUT2D eigenvalue weighted by molar-refractivity contribution is 5.76. The predicted molar refractivity (Wildman–Crippen MR) is 60.9 cm³/mol. The van der Waals surface area contributed by atoms with Crippen LogP contribution < -0.4 is 5.32 Å². The molecule has 0 bridgehead atoms. The van der Waals surface area contributed by atoms with Gasteiger partial charge in [0.1, 0.15) is 11.8 Å². The summed E-state index contributed by atoms with van der Waals surface area (Å²) in [7, 11) is 1.37. The first-order valence-corrected chi connectivity index (χ1v) is 5.27. The van der Waals surface area contributed by atoms with Crippen LogP contribution >= 0.6 is 0 Å². The molecule has 0 aliphatic rings. The van der Waals surface area contributed by atoms with E-state index in [1.807, 2.05) is 6.07 Å². The zero-order valence-corrected chi connectivity index (χ0v) is 10.2. The molecule has 1 aromatic heterocycles. The van der Waals surface area contributed by atoms with Crippen LogP contribution in [0, 0.1) is 16.7 Å². The summed E-state index contributed by atoms with van der Waals surface area (Å²) < 4.78 is 9.89. The Hall–Kier alpha value is -1.80. The Bertz CT molecular complexity index is 429. The van der Waals surface area contributed by atoms with Gasteiger partial charge in [-0.05, 0) is 26.0 Å². The number of hydrogen-bond acceptors (Lipinski definition) is 5. The molecule has 92 valence electrons. The number of nitriles is 1. The van der Waals surface area contributed by atoms with Crippen LogP contribution in [-0.2, 0) is 16.1 Å². The van der Waals surface area contributed by atoms with Crippen LogP contribution in [0.5, 0.6) is 0 Å². The normalized spacial score (nSPS) is 10.9. The van der Waals surface area contributed by atoms with Crippen LogP contribution in [0.3, 0.4) is 0 Å². The van der Waals surface area contributed by atoms with E-state index in [4.69, 9.17) is 14.4 Å². The van der Waals surface area contributed by atoms with Gasteiger partial charge in [-0.2, -0.15) is 5.26 Å². The molecule has 0 amide bonds. The number of rotatable bonds is 5. The summed E-state index contributed by atoms with van der Waals surface area (Å²) in [6.45, 7) is 4.55. The van der Waals surface area contributed by atoms with Crippen molar-refractivity contribution in [1.82, 2.24) is 5.32 Å². The number of furan rings is 1. The average molecular weight is 236 g/mol. The Kier molecular flexibility index (Phi) is 4.30. The lowest BCUT2D eigenvalue weighted by Gasteiger charge is -2.21. The summed E-state index contributed by atoms with van der Waals surface area (Å²) in [6.07, 6.45) is 0. The van der Waals surface area contributed by atoms with Gasteiger partial charge in [0.05, 0.1) is 19.1 Å². The second-order valence-corrected chi connectivity index (χ2v) is 4.36. The van der Waals surface area contributed by atoms with Crippen LogP contribution in [-0.4, -0.2) is 19.6 Å². The van der Waals surface area contributed by atoms with E-state index >= 15 is 0 Å². The highest BCUT2D eigenvalue weighted by atomic mass is 16.5. The topological polar surface area (TPSA) is 75.3 Å². The molecule has 0 saturated heterocycles. The number of hydrogen-bond donors (Lipinski definition) is 1. The summed E-state index contributed by atoms with van der Waals surface area (Å²) >= 11 is 0. The summed E-state index contributed by atoms with van der Waals surface area (Å²) in [6, 6.07) is 5.26. The molecule has 1 aromatic rings. The van der Waals surface area contributed by atoms with Crippen LogP contribution in [0.4, 0.5) is 0 Å². The van der Waals surface area contributed by atoms with Gasteiger partial charge in [-0.15, -0.1) is 0 Å². The lowest BCUT2D eigenvalue weighted by molar-refractivity contribution is -0.150. The summed E-state index contributed by atoms with van der Waals surface area (Å²) in [4.78, 5) is 11.4. The van der Waals surface area contributed by atoms with Crippen LogP contribution in [0.15, 0.2) is 16.5 Å². The van der Waals surface area contributed by atoms with Crippen molar-refractivity contribution in [3.8, 4) is 6.07 Å². The predicted octanol–water partition coefficient (Wildman–Crippen LogP) is 1.44. The molecule has 1 rings (SSSR count). The van der Waals surface area contributed by atoms with Gasteiger partial charge < -0.3 is 14.5 Å². The molecule has 0 atom stereocenters. The molecule has 0 aliphatic carbocycles. The molecule has 0 aliphatic heterocycles. The maximum atomic E-state index is 11.4. The molecule has 0 spiro atoms. The van der Waals surface area contributed by atoms with E-state index in [0.717, 1.165) is 0 Å². The summed E-state index contributed by atoms with van der Waals surface area (Å²) in [5.74, 6) is 0.693. The molecule has 0 saturated carbocycles. The molecule has 0 fully saturated rings. The lowest BCUT2D eigenvalue weighted by atomic mass is 9.94. The lowest BCUT2D eigenvalue weighted by Crippen LogP contribution is -2.36. The number of carbonyl (C=O) groups excluding carboxylic acids is 1. The fraction of sp³-hybridized carbons (Fsp3) is 0.500. The van der Waals surface area contributed by atoms with E-state index < -0.39 is 5.41 Å². The molecule has 0 unspecified atom stereocenters. The first-order chi connectivity index (χ1) is 7.99. The second-order valence-electron chi connectivity index (χ2n) is 4.36. The summed E-state index contributed by atoms with van der Waals surface area (Å²) in [5.41, 5.74) is -0.584. The van der Waals surface area contributed by atoms with Crippen molar-refractivity contribution in [2.75, 3.05) is 13.7 Å². The van der Waals surface area contributed by atoms with Gasteiger partial charge in [0, 0.05) is 6.54 Å². The number of carbonyl (C=O) groups is 1. The van der Waals surface area contributed by atoms with Gasteiger partial charge in [0.2, 0.25) is 5.76 Å².